The van der Waals surface area contributed by atoms with Crippen molar-refractivity contribution in [2.24, 2.45) is 0 Å². The molecule has 2 N–H and O–H groups in total. The molecule has 1 aromatic carbocycles. The van der Waals surface area contributed by atoms with Gasteiger partial charge in [-0.2, -0.15) is 0 Å². The summed E-state index contributed by atoms with van der Waals surface area (Å²) in [5.74, 6) is 0.0860. The molecule has 1 fully saturated rings. The summed E-state index contributed by atoms with van der Waals surface area (Å²) in [6, 6.07) is 5.54. The Balaban J connectivity index is 2.34. The second kappa shape index (κ2) is 3.74. The molecule has 1 amide bonds. The van der Waals surface area contributed by atoms with E-state index in [9.17, 15) is 4.79 Å². The topological polar surface area (TPSA) is 46.3 Å². The van der Waals surface area contributed by atoms with Crippen molar-refractivity contribution in [2.45, 2.75) is 18.7 Å². The molecule has 0 aromatic heterocycles. The van der Waals surface area contributed by atoms with Gasteiger partial charge in [-0.3, -0.25) is 4.79 Å². The largest absolute Gasteiger partial charge is 0.399 e. The number of halogens is 1. The number of nitrogens with zero attached hydrogens (tertiary/aromatic N) is 1. The molecule has 1 aliphatic heterocycles. The van der Waals surface area contributed by atoms with Gasteiger partial charge in [0, 0.05) is 24.3 Å². The zero-order valence-electron chi connectivity index (χ0n) is 8.53. The van der Waals surface area contributed by atoms with Crippen molar-refractivity contribution in [2.75, 3.05) is 17.2 Å². The molecule has 0 radical (unpaired) electrons. The Kier molecular flexibility index (Phi) is 2.57. The van der Waals surface area contributed by atoms with Crippen molar-refractivity contribution in [3.8, 4) is 0 Å². The van der Waals surface area contributed by atoms with Gasteiger partial charge < -0.3 is 10.6 Å². The number of nitrogens with two attached hydrogens (primary N) is 1. The number of aryl methyl sites for hydroxylation is 1. The second-order valence-electron chi connectivity index (χ2n) is 3.85. The van der Waals surface area contributed by atoms with Crippen LogP contribution in [0.2, 0.25) is 0 Å². The predicted octanol–water partition coefficient (Wildman–Crippen LogP) is 1.92. The fraction of sp³-hybridized carbons (Fsp3) is 0.364. The van der Waals surface area contributed by atoms with Gasteiger partial charge in [-0.25, -0.2) is 0 Å². The Morgan fingerprint density at radius 3 is 2.80 bits per heavy atom. The normalized spacial score (nSPS) is 21.1. The lowest BCUT2D eigenvalue weighted by atomic mass is 10.1. The maximum Gasteiger partial charge on any atom is 0.228 e. The fourth-order valence-electron chi connectivity index (χ4n) is 1.88. The molecule has 1 unspecified atom stereocenters. The van der Waals surface area contributed by atoms with Crippen LogP contribution < -0.4 is 10.6 Å². The van der Waals surface area contributed by atoms with E-state index in [0.29, 0.717) is 18.7 Å². The Hall–Kier alpha value is -1.22. The number of nitrogen functional groups attached to an aromatic ring is 1. The highest BCUT2D eigenvalue weighted by atomic mass is 35.5. The first kappa shape index (κ1) is 10.3. The van der Waals surface area contributed by atoms with Crippen molar-refractivity contribution in [1.29, 1.82) is 0 Å². The summed E-state index contributed by atoms with van der Waals surface area (Å²) in [7, 11) is 0. The summed E-state index contributed by atoms with van der Waals surface area (Å²) < 4.78 is 0. The maximum atomic E-state index is 11.6. The van der Waals surface area contributed by atoms with Crippen LogP contribution in [0.3, 0.4) is 0 Å². The van der Waals surface area contributed by atoms with E-state index < -0.39 is 0 Å². The third-order valence-corrected chi connectivity index (χ3v) is 2.88. The molecule has 3 nitrogen and oxygen atoms in total. The SMILES string of the molecule is Cc1cc(N)ccc1N1CC(Cl)CC1=O. The highest BCUT2D eigenvalue weighted by Crippen LogP contribution is 2.28. The van der Waals surface area contributed by atoms with Crippen molar-refractivity contribution in [1.82, 2.24) is 0 Å². The molecule has 0 aliphatic carbocycles. The molecular formula is C11H13ClN2O. The number of carbonyl (C=O) groups is 1. The van der Waals surface area contributed by atoms with Crippen LogP contribution >= 0.6 is 11.6 Å². The van der Waals surface area contributed by atoms with Gasteiger partial charge in [-0.15, -0.1) is 11.6 Å². The van der Waals surface area contributed by atoms with Crippen molar-refractivity contribution < 1.29 is 4.79 Å². The monoisotopic (exact) mass is 224 g/mol. The average Bonchev–Trinajstić information content (AvgIpc) is 2.45. The maximum absolute atomic E-state index is 11.6. The molecule has 80 valence electrons. The number of hydrogen-bond acceptors (Lipinski definition) is 2. The third kappa shape index (κ3) is 1.92. The molecular weight excluding hydrogens is 212 g/mol. The Bertz CT molecular complexity index is 406. The lowest BCUT2D eigenvalue weighted by Gasteiger charge is -2.18. The summed E-state index contributed by atoms with van der Waals surface area (Å²) in [6.45, 7) is 2.53. The van der Waals surface area contributed by atoms with Gasteiger partial charge in [0.05, 0.1) is 5.38 Å². The van der Waals surface area contributed by atoms with Crippen LogP contribution in [-0.4, -0.2) is 17.8 Å². The third-order valence-electron chi connectivity index (χ3n) is 2.59. The van der Waals surface area contributed by atoms with E-state index in [-0.39, 0.29) is 11.3 Å². The number of benzene rings is 1. The van der Waals surface area contributed by atoms with Gasteiger partial charge in [0.2, 0.25) is 5.91 Å². The van der Waals surface area contributed by atoms with Crippen LogP contribution in [0.1, 0.15) is 12.0 Å². The summed E-state index contributed by atoms with van der Waals surface area (Å²) in [6.07, 6.45) is 0.422. The number of rotatable bonds is 1. The summed E-state index contributed by atoms with van der Waals surface area (Å²) in [5.41, 5.74) is 8.29. The van der Waals surface area contributed by atoms with Gasteiger partial charge in [-0.1, -0.05) is 0 Å². The first-order valence-electron chi connectivity index (χ1n) is 4.88. The summed E-state index contributed by atoms with van der Waals surface area (Å²) in [4.78, 5) is 13.4. The highest BCUT2D eigenvalue weighted by molar-refractivity contribution is 6.24. The Labute approximate surface area is 93.8 Å². The molecule has 0 saturated carbocycles. The standard InChI is InChI=1S/C11H13ClN2O/c1-7-4-9(13)2-3-10(7)14-6-8(12)5-11(14)15/h2-4,8H,5-6,13H2,1H3. The average molecular weight is 225 g/mol. The molecule has 15 heavy (non-hydrogen) atoms. The first-order valence-corrected chi connectivity index (χ1v) is 5.32. The van der Waals surface area contributed by atoms with Crippen LogP contribution in [0.25, 0.3) is 0 Å². The Morgan fingerprint density at radius 2 is 2.27 bits per heavy atom. The summed E-state index contributed by atoms with van der Waals surface area (Å²) in [5, 5.41) is -0.0746. The van der Waals surface area contributed by atoms with Gasteiger partial charge in [-0.05, 0) is 30.7 Å². The molecule has 1 saturated heterocycles. The van der Waals surface area contributed by atoms with E-state index in [2.05, 4.69) is 0 Å². The Morgan fingerprint density at radius 1 is 1.53 bits per heavy atom. The number of carbonyl (C=O) groups excluding carboxylic acids is 1. The van der Waals surface area contributed by atoms with Crippen LogP contribution in [0.4, 0.5) is 11.4 Å². The quantitative estimate of drug-likeness (QED) is 0.585. The van der Waals surface area contributed by atoms with Gasteiger partial charge in [0.15, 0.2) is 0 Å². The van der Waals surface area contributed by atoms with Crippen LogP contribution in [-0.2, 0) is 4.79 Å². The zero-order chi connectivity index (χ0) is 11.0. The van der Waals surface area contributed by atoms with E-state index in [1.54, 1.807) is 11.0 Å². The zero-order valence-corrected chi connectivity index (χ0v) is 9.29. The minimum absolute atomic E-state index is 0.0746. The molecule has 1 aliphatic rings. The van der Waals surface area contributed by atoms with Gasteiger partial charge in [0.25, 0.3) is 0 Å². The molecule has 4 heteroatoms. The van der Waals surface area contributed by atoms with Gasteiger partial charge >= 0.3 is 0 Å². The van der Waals surface area contributed by atoms with Crippen LogP contribution in [0, 0.1) is 6.92 Å². The van der Waals surface area contributed by atoms with Crippen molar-refractivity contribution >= 4 is 28.9 Å². The van der Waals surface area contributed by atoms with E-state index >= 15 is 0 Å². The predicted molar refractivity (Wildman–Crippen MR) is 62.2 cm³/mol. The minimum atomic E-state index is -0.0746. The molecule has 1 heterocycles. The van der Waals surface area contributed by atoms with Gasteiger partial charge in [0.1, 0.15) is 0 Å². The lowest BCUT2D eigenvalue weighted by Crippen LogP contribution is -2.25. The number of hydrogen-bond donors (Lipinski definition) is 1. The van der Waals surface area contributed by atoms with Crippen LogP contribution in [0.15, 0.2) is 18.2 Å². The summed E-state index contributed by atoms with van der Waals surface area (Å²) >= 11 is 5.95. The molecule has 2 rings (SSSR count). The molecule has 0 spiro atoms. The molecule has 1 atom stereocenters. The molecule has 0 bridgehead atoms. The first-order chi connectivity index (χ1) is 7.08. The number of amides is 1. The highest BCUT2D eigenvalue weighted by Gasteiger charge is 2.29. The van der Waals surface area contributed by atoms with E-state index in [4.69, 9.17) is 17.3 Å². The fourth-order valence-corrected chi connectivity index (χ4v) is 2.15. The van der Waals surface area contributed by atoms with E-state index in [1.165, 1.54) is 0 Å². The van der Waals surface area contributed by atoms with Crippen molar-refractivity contribution in [3.63, 3.8) is 0 Å². The number of alkyl halides is 1. The van der Waals surface area contributed by atoms with E-state index in [0.717, 1.165) is 11.3 Å². The van der Waals surface area contributed by atoms with Crippen molar-refractivity contribution in [3.05, 3.63) is 23.8 Å². The molecule has 1 aromatic rings. The van der Waals surface area contributed by atoms with Crippen LogP contribution in [0.5, 0.6) is 0 Å². The smallest absolute Gasteiger partial charge is 0.228 e. The minimum Gasteiger partial charge on any atom is -0.399 e. The second-order valence-corrected chi connectivity index (χ2v) is 4.47. The van der Waals surface area contributed by atoms with E-state index in [1.807, 2.05) is 19.1 Å². The number of anilines is 2. The lowest BCUT2D eigenvalue weighted by molar-refractivity contribution is -0.117.